The summed E-state index contributed by atoms with van der Waals surface area (Å²) < 4.78 is 6.00. The minimum Gasteiger partial charge on any atom is -0.376 e. The van der Waals surface area contributed by atoms with Gasteiger partial charge in [0.15, 0.2) is 0 Å². The van der Waals surface area contributed by atoms with Crippen LogP contribution in [0.2, 0.25) is 0 Å². The summed E-state index contributed by atoms with van der Waals surface area (Å²) in [5, 5.41) is 3.09. The second-order valence-corrected chi connectivity index (χ2v) is 7.19. The first kappa shape index (κ1) is 15.1. The molecule has 124 valence electrons. The van der Waals surface area contributed by atoms with Gasteiger partial charge in [0.1, 0.15) is 0 Å². The molecule has 0 bridgehead atoms. The maximum absolute atomic E-state index is 11.8. The summed E-state index contributed by atoms with van der Waals surface area (Å²) >= 11 is 0. The van der Waals surface area contributed by atoms with E-state index >= 15 is 0 Å². The molecule has 2 aliphatic heterocycles. The minimum absolute atomic E-state index is 0.214. The number of nitrogens with zero attached hydrogens (tertiary/aromatic N) is 2. The predicted octanol–water partition coefficient (Wildman–Crippen LogP) is 1.44. The molecule has 3 heterocycles. The molecule has 5 heteroatoms. The van der Waals surface area contributed by atoms with Gasteiger partial charge in [-0.05, 0) is 49.4 Å². The monoisotopic (exact) mass is 315 g/mol. The number of amides is 1. The second-order valence-electron chi connectivity index (χ2n) is 7.19. The third-order valence-electron chi connectivity index (χ3n) is 5.46. The Bertz CT molecular complexity index is 546. The number of rotatable bonds is 5. The van der Waals surface area contributed by atoms with Gasteiger partial charge in [0, 0.05) is 43.9 Å². The minimum atomic E-state index is 0.214. The highest BCUT2D eigenvalue weighted by Gasteiger charge is 2.41. The fourth-order valence-electron chi connectivity index (χ4n) is 3.95. The SMILES string of the molecule is O=C(NC[C@@H]1OC[C@H]2CN(Cc3ccncc3)CC[C@H]21)C1CC1. The highest BCUT2D eigenvalue weighted by Crippen LogP contribution is 2.35. The number of nitrogens with one attached hydrogen (secondary N) is 1. The molecule has 3 fully saturated rings. The zero-order valence-corrected chi connectivity index (χ0v) is 13.5. The first-order valence-electron chi connectivity index (χ1n) is 8.80. The summed E-state index contributed by atoms with van der Waals surface area (Å²) in [7, 11) is 0. The summed E-state index contributed by atoms with van der Waals surface area (Å²) in [6.45, 7) is 4.73. The Hall–Kier alpha value is -1.46. The molecule has 1 aromatic heterocycles. The smallest absolute Gasteiger partial charge is 0.223 e. The van der Waals surface area contributed by atoms with Crippen LogP contribution in [0.25, 0.3) is 0 Å². The van der Waals surface area contributed by atoms with Crippen LogP contribution >= 0.6 is 0 Å². The van der Waals surface area contributed by atoms with Crippen LogP contribution in [-0.2, 0) is 16.1 Å². The second kappa shape index (κ2) is 6.57. The molecular weight excluding hydrogens is 290 g/mol. The summed E-state index contributed by atoms with van der Waals surface area (Å²) in [6.07, 6.45) is 7.23. The molecule has 3 atom stereocenters. The molecule has 0 aromatic carbocycles. The van der Waals surface area contributed by atoms with E-state index in [-0.39, 0.29) is 17.9 Å². The van der Waals surface area contributed by atoms with Gasteiger partial charge in [-0.3, -0.25) is 14.7 Å². The van der Waals surface area contributed by atoms with Crippen LogP contribution < -0.4 is 5.32 Å². The van der Waals surface area contributed by atoms with E-state index in [0.717, 1.165) is 39.1 Å². The van der Waals surface area contributed by atoms with Crippen LogP contribution in [0.4, 0.5) is 0 Å². The van der Waals surface area contributed by atoms with Gasteiger partial charge >= 0.3 is 0 Å². The van der Waals surface area contributed by atoms with E-state index in [0.29, 0.717) is 18.4 Å². The average molecular weight is 315 g/mol. The molecule has 1 aromatic rings. The fourth-order valence-corrected chi connectivity index (χ4v) is 3.95. The Morgan fingerprint density at radius 1 is 1.30 bits per heavy atom. The van der Waals surface area contributed by atoms with Crippen LogP contribution in [0, 0.1) is 17.8 Å². The molecule has 3 aliphatic rings. The Morgan fingerprint density at radius 2 is 2.13 bits per heavy atom. The molecule has 4 rings (SSSR count). The fraction of sp³-hybridized carbons (Fsp3) is 0.667. The van der Waals surface area contributed by atoms with Crippen LogP contribution in [-0.4, -0.2) is 48.1 Å². The number of hydrogen-bond acceptors (Lipinski definition) is 4. The van der Waals surface area contributed by atoms with Crippen LogP contribution in [0.15, 0.2) is 24.5 Å². The molecule has 0 radical (unpaired) electrons. The van der Waals surface area contributed by atoms with Crippen molar-refractivity contribution >= 4 is 5.91 Å². The molecule has 1 saturated carbocycles. The van der Waals surface area contributed by atoms with Crippen molar-refractivity contribution < 1.29 is 9.53 Å². The lowest BCUT2D eigenvalue weighted by Gasteiger charge is -2.35. The van der Waals surface area contributed by atoms with Crippen molar-refractivity contribution in [3.05, 3.63) is 30.1 Å². The van der Waals surface area contributed by atoms with E-state index < -0.39 is 0 Å². The Balaban J connectivity index is 1.27. The molecule has 1 amide bonds. The number of aromatic nitrogens is 1. The van der Waals surface area contributed by atoms with Crippen molar-refractivity contribution in [3.63, 3.8) is 0 Å². The van der Waals surface area contributed by atoms with E-state index in [9.17, 15) is 4.79 Å². The first-order chi connectivity index (χ1) is 11.3. The zero-order chi connectivity index (χ0) is 15.6. The lowest BCUT2D eigenvalue weighted by Crippen LogP contribution is -2.43. The van der Waals surface area contributed by atoms with Crippen LogP contribution in [0.5, 0.6) is 0 Å². The van der Waals surface area contributed by atoms with Crippen molar-refractivity contribution in [2.24, 2.45) is 17.8 Å². The van der Waals surface area contributed by atoms with Gasteiger partial charge in [0.25, 0.3) is 0 Å². The lowest BCUT2D eigenvalue weighted by atomic mass is 9.84. The third-order valence-corrected chi connectivity index (χ3v) is 5.46. The third kappa shape index (κ3) is 3.56. The number of fused-ring (bicyclic) bond motifs is 1. The Labute approximate surface area is 137 Å². The van der Waals surface area contributed by atoms with Crippen molar-refractivity contribution in [1.82, 2.24) is 15.2 Å². The standard InChI is InChI=1S/C18H25N3O2/c22-18(14-1-2-14)20-9-17-16-5-8-21(11-15(16)12-23-17)10-13-3-6-19-7-4-13/h3-4,6-7,14-17H,1-2,5,8-12H2,(H,20,22)/t15-,16-,17+/m1/s1. The molecular formula is C18H25N3O2. The summed E-state index contributed by atoms with van der Waals surface area (Å²) in [4.78, 5) is 18.4. The molecule has 2 saturated heterocycles. The number of piperidine rings is 1. The van der Waals surface area contributed by atoms with E-state index in [4.69, 9.17) is 4.74 Å². The topological polar surface area (TPSA) is 54.5 Å². The number of pyridine rings is 1. The van der Waals surface area contributed by atoms with Crippen LogP contribution in [0.1, 0.15) is 24.8 Å². The molecule has 0 spiro atoms. The van der Waals surface area contributed by atoms with Gasteiger partial charge in [-0.1, -0.05) is 0 Å². The highest BCUT2D eigenvalue weighted by molar-refractivity contribution is 5.80. The largest absolute Gasteiger partial charge is 0.376 e. The quantitative estimate of drug-likeness (QED) is 0.893. The molecule has 23 heavy (non-hydrogen) atoms. The summed E-state index contributed by atoms with van der Waals surface area (Å²) in [6, 6.07) is 4.18. The van der Waals surface area contributed by atoms with Gasteiger partial charge in [-0.25, -0.2) is 0 Å². The van der Waals surface area contributed by atoms with Gasteiger partial charge in [0.2, 0.25) is 5.91 Å². The van der Waals surface area contributed by atoms with Crippen molar-refractivity contribution in [2.45, 2.75) is 31.9 Å². The normalized spacial score (nSPS) is 30.9. The first-order valence-corrected chi connectivity index (χ1v) is 8.80. The van der Waals surface area contributed by atoms with Crippen molar-refractivity contribution in [1.29, 1.82) is 0 Å². The Morgan fingerprint density at radius 3 is 2.91 bits per heavy atom. The van der Waals surface area contributed by atoms with E-state index in [1.807, 2.05) is 12.4 Å². The Kier molecular flexibility index (Phi) is 4.31. The number of ether oxygens (including phenoxy) is 1. The highest BCUT2D eigenvalue weighted by atomic mass is 16.5. The maximum atomic E-state index is 11.8. The van der Waals surface area contributed by atoms with Crippen molar-refractivity contribution in [2.75, 3.05) is 26.2 Å². The van der Waals surface area contributed by atoms with Gasteiger partial charge in [0.05, 0.1) is 12.7 Å². The van der Waals surface area contributed by atoms with E-state index in [2.05, 4.69) is 27.3 Å². The summed E-state index contributed by atoms with van der Waals surface area (Å²) in [5.74, 6) is 1.72. The zero-order valence-electron chi connectivity index (χ0n) is 13.5. The van der Waals surface area contributed by atoms with E-state index in [1.165, 1.54) is 12.0 Å². The van der Waals surface area contributed by atoms with Crippen LogP contribution in [0.3, 0.4) is 0 Å². The number of carbonyl (C=O) groups excluding carboxylic acids is 1. The van der Waals surface area contributed by atoms with E-state index in [1.54, 1.807) is 0 Å². The summed E-state index contributed by atoms with van der Waals surface area (Å²) in [5.41, 5.74) is 1.32. The number of likely N-dealkylation sites (tertiary alicyclic amines) is 1. The molecule has 5 nitrogen and oxygen atoms in total. The van der Waals surface area contributed by atoms with Crippen molar-refractivity contribution in [3.8, 4) is 0 Å². The number of hydrogen-bond donors (Lipinski definition) is 1. The molecule has 1 aliphatic carbocycles. The molecule has 0 unspecified atom stereocenters. The maximum Gasteiger partial charge on any atom is 0.223 e. The average Bonchev–Trinajstić information content (AvgIpc) is 3.35. The molecule has 1 N–H and O–H groups in total. The van der Waals surface area contributed by atoms with Gasteiger partial charge in [-0.2, -0.15) is 0 Å². The van der Waals surface area contributed by atoms with Gasteiger partial charge < -0.3 is 10.1 Å². The lowest BCUT2D eigenvalue weighted by molar-refractivity contribution is -0.122. The van der Waals surface area contributed by atoms with Gasteiger partial charge in [-0.15, -0.1) is 0 Å². The number of carbonyl (C=O) groups is 1. The predicted molar refractivity (Wildman–Crippen MR) is 86.6 cm³/mol.